The summed E-state index contributed by atoms with van der Waals surface area (Å²) in [6.07, 6.45) is 1.36. The number of anilines is 3. The third-order valence-electron chi connectivity index (χ3n) is 4.21. The number of hydrogen-bond donors (Lipinski definition) is 3. The quantitative estimate of drug-likeness (QED) is 0.518. The van der Waals surface area contributed by atoms with E-state index in [1.165, 1.54) is 17.2 Å². The molecular weight excluding hydrogens is 387 g/mol. The number of rotatable bonds is 7. The van der Waals surface area contributed by atoms with Crippen LogP contribution in [-0.4, -0.2) is 40.8 Å². The fourth-order valence-electron chi connectivity index (χ4n) is 2.70. The van der Waals surface area contributed by atoms with E-state index in [4.69, 9.17) is 5.73 Å². The van der Waals surface area contributed by atoms with E-state index in [0.717, 1.165) is 0 Å². The molecule has 2 aromatic heterocycles. The molecule has 8 nitrogen and oxygen atoms in total. The van der Waals surface area contributed by atoms with Crippen LogP contribution in [-0.2, 0) is 6.54 Å². The van der Waals surface area contributed by atoms with E-state index in [-0.39, 0.29) is 18.0 Å². The highest BCUT2D eigenvalue weighted by Gasteiger charge is 2.12. The molecule has 0 saturated carbocycles. The molecule has 2 heterocycles. The van der Waals surface area contributed by atoms with Gasteiger partial charge in [-0.15, -0.1) is 0 Å². The van der Waals surface area contributed by atoms with Crippen LogP contribution in [0.15, 0.2) is 54.7 Å². The summed E-state index contributed by atoms with van der Waals surface area (Å²) in [5.41, 5.74) is 7.81. The molecule has 0 aliphatic heterocycles. The minimum Gasteiger partial charge on any atom is -0.379 e. The van der Waals surface area contributed by atoms with Crippen LogP contribution in [0, 0.1) is 5.95 Å². The van der Waals surface area contributed by atoms with Gasteiger partial charge in [-0.3, -0.25) is 9.59 Å². The molecule has 4 N–H and O–H groups in total. The van der Waals surface area contributed by atoms with Crippen LogP contribution in [0.2, 0.25) is 0 Å². The lowest BCUT2D eigenvalue weighted by atomic mass is 10.2. The molecule has 154 valence electrons. The molecule has 0 saturated heterocycles. The lowest BCUT2D eigenvalue weighted by Gasteiger charge is -2.13. The number of carbonyl (C=O) groups is 2. The third kappa shape index (κ3) is 5.07. The molecule has 0 radical (unpaired) electrons. The summed E-state index contributed by atoms with van der Waals surface area (Å²) in [4.78, 5) is 33.2. The summed E-state index contributed by atoms with van der Waals surface area (Å²) in [5, 5.41) is 6.15. The van der Waals surface area contributed by atoms with Gasteiger partial charge in [-0.1, -0.05) is 6.07 Å². The molecule has 3 rings (SSSR count). The third-order valence-corrected chi connectivity index (χ3v) is 4.21. The van der Waals surface area contributed by atoms with E-state index in [1.54, 1.807) is 56.6 Å². The number of benzene rings is 1. The average Bonchev–Trinajstić information content (AvgIpc) is 2.72. The highest BCUT2D eigenvalue weighted by atomic mass is 19.1. The van der Waals surface area contributed by atoms with Crippen LogP contribution in [0.3, 0.4) is 0 Å². The maximum absolute atomic E-state index is 13.3. The van der Waals surface area contributed by atoms with Crippen LogP contribution >= 0.6 is 0 Å². The predicted octanol–water partition coefficient (Wildman–Crippen LogP) is 2.77. The van der Waals surface area contributed by atoms with E-state index in [0.29, 0.717) is 28.5 Å². The van der Waals surface area contributed by atoms with E-state index in [9.17, 15) is 14.0 Å². The monoisotopic (exact) mass is 408 g/mol. The number of primary amides is 1. The van der Waals surface area contributed by atoms with Crippen molar-refractivity contribution in [3.63, 3.8) is 0 Å². The first kappa shape index (κ1) is 20.7. The fraction of sp³-hybridized carbons (Fsp3) is 0.143. The van der Waals surface area contributed by atoms with Gasteiger partial charge >= 0.3 is 0 Å². The normalized spacial score (nSPS) is 10.4. The predicted molar refractivity (Wildman–Crippen MR) is 112 cm³/mol. The molecule has 0 fully saturated rings. The number of hydrogen-bond acceptors (Lipinski definition) is 6. The molecular formula is C21H21FN6O2. The molecule has 0 spiro atoms. The first-order valence-electron chi connectivity index (χ1n) is 9.07. The van der Waals surface area contributed by atoms with Crippen LogP contribution in [0.25, 0.3) is 0 Å². The van der Waals surface area contributed by atoms with Gasteiger partial charge in [-0.2, -0.15) is 4.39 Å². The van der Waals surface area contributed by atoms with Gasteiger partial charge in [-0.05, 0) is 36.4 Å². The molecule has 0 unspecified atom stereocenters. The van der Waals surface area contributed by atoms with Gasteiger partial charge < -0.3 is 21.3 Å². The summed E-state index contributed by atoms with van der Waals surface area (Å²) < 4.78 is 13.3. The number of nitrogens with zero attached hydrogens (tertiary/aromatic N) is 3. The molecule has 9 heteroatoms. The first-order chi connectivity index (χ1) is 14.3. The van der Waals surface area contributed by atoms with Gasteiger partial charge in [0.2, 0.25) is 5.95 Å². The Labute approximate surface area is 172 Å². The zero-order valence-corrected chi connectivity index (χ0v) is 16.5. The van der Waals surface area contributed by atoms with Crippen molar-refractivity contribution >= 4 is 29.0 Å². The van der Waals surface area contributed by atoms with Crippen molar-refractivity contribution in [1.82, 2.24) is 14.9 Å². The van der Waals surface area contributed by atoms with E-state index in [2.05, 4.69) is 20.6 Å². The Morgan fingerprint density at radius 3 is 2.50 bits per heavy atom. The number of nitrogens with one attached hydrogen (secondary N) is 2. The standard InChI is InChI=1S/C21H21FN6O2/c1-28(2)21(30)13-6-8-14(9-7-13)27-19-10-17(16(12-25-19)20(23)29)24-11-15-4-3-5-18(22)26-15/h3-10,12H,11H2,1-2H3,(H2,23,29)(H2,24,25,27). The van der Waals surface area contributed by atoms with Crippen molar-refractivity contribution in [3.05, 3.63) is 77.5 Å². The van der Waals surface area contributed by atoms with Crippen molar-refractivity contribution in [3.8, 4) is 0 Å². The molecule has 0 bridgehead atoms. The molecule has 30 heavy (non-hydrogen) atoms. The number of carbonyl (C=O) groups excluding carboxylic acids is 2. The Morgan fingerprint density at radius 2 is 1.87 bits per heavy atom. The number of halogens is 1. The Hall–Kier alpha value is -4.01. The molecule has 2 amide bonds. The number of nitrogens with two attached hydrogens (primary N) is 1. The second-order valence-electron chi connectivity index (χ2n) is 6.69. The number of amides is 2. The number of aromatic nitrogens is 2. The summed E-state index contributed by atoms with van der Waals surface area (Å²) in [6, 6.07) is 13.0. The average molecular weight is 408 g/mol. The van der Waals surface area contributed by atoms with Crippen molar-refractivity contribution in [2.24, 2.45) is 5.73 Å². The van der Waals surface area contributed by atoms with Crippen molar-refractivity contribution in [2.45, 2.75) is 6.54 Å². The largest absolute Gasteiger partial charge is 0.379 e. The second kappa shape index (κ2) is 8.99. The van der Waals surface area contributed by atoms with Crippen molar-refractivity contribution in [2.75, 3.05) is 24.7 Å². The van der Waals surface area contributed by atoms with Gasteiger partial charge in [0.1, 0.15) is 5.82 Å². The molecule has 3 aromatic rings. The summed E-state index contributed by atoms with van der Waals surface area (Å²) in [5.74, 6) is -0.864. The zero-order valence-electron chi connectivity index (χ0n) is 16.5. The Kier molecular flexibility index (Phi) is 6.21. The van der Waals surface area contributed by atoms with Crippen LogP contribution < -0.4 is 16.4 Å². The maximum Gasteiger partial charge on any atom is 0.253 e. The van der Waals surface area contributed by atoms with E-state index in [1.807, 2.05) is 0 Å². The highest BCUT2D eigenvalue weighted by molar-refractivity contribution is 5.98. The minimum atomic E-state index is -0.643. The Bertz CT molecular complexity index is 1070. The Balaban J connectivity index is 1.78. The maximum atomic E-state index is 13.3. The summed E-state index contributed by atoms with van der Waals surface area (Å²) >= 11 is 0. The van der Waals surface area contributed by atoms with Gasteiger partial charge in [0, 0.05) is 37.6 Å². The second-order valence-corrected chi connectivity index (χ2v) is 6.69. The van der Waals surface area contributed by atoms with Gasteiger partial charge in [-0.25, -0.2) is 9.97 Å². The molecule has 0 aliphatic carbocycles. The van der Waals surface area contributed by atoms with Crippen LogP contribution in [0.1, 0.15) is 26.4 Å². The smallest absolute Gasteiger partial charge is 0.253 e. The van der Waals surface area contributed by atoms with Crippen LogP contribution in [0.4, 0.5) is 21.6 Å². The fourth-order valence-corrected chi connectivity index (χ4v) is 2.70. The van der Waals surface area contributed by atoms with Gasteiger partial charge in [0.15, 0.2) is 0 Å². The van der Waals surface area contributed by atoms with E-state index < -0.39 is 11.9 Å². The topological polar surface area (TPSA) is 113 Å². The van der Waals surface area contributed by atoms with E-state index >= 15 is 0 Å². The van der Waals surface area contributed by atoms with Gasteiger partial charge in [0.05, 0.1) is 23.5 Å². The summed E-state index contributed by atoms with van der Waals surface area (Å²) in [7, 11) is 3.37. The first-order valence-corrected chi connectivity index (χ1v) is 9.07. The van der Waals surface area contributed by atoms with Crippen LogP contribution in [0.5, 0.6) is 0 Å². The lowest BCUT2D eigenvalue weighted by molar-refractivity contribution is 0.0827. The molecule has 0 aliphatic rings. The molecule has 0 atom stereocenters. The Morgan fingerprint density at radius 1 is 1.13 bits per heavy atom. The summed E-state index contributed by atoms with van der Waals surface area (Å²) in [6.45, 7) is 0.197. The SMILES string of the molecule is CN(C)C(=O)c1ccc(Nc2cc(NCc3cccc(F)n3)c(C(N)=O)cn2)cc1. The molecule has 1 aromatic carbocycles. The highest BCUT2D eigenvalue weighted by Crippen LogP contribution is 2.22. The van der Waals surface area contributed by atoms with Gasteiger partial charge in [0.25, 0.3) is 11.8 Å². The van der Waals surface area contributed by atoms with Crippen molar-refractivity contribution in [1.29, 1.82) is 0 Å². The zero-order chi connectivity index (χ0) is 21.7. The number of pyridine rings is 2. The minimum absolute atomic E-state index is 0.0945. The lowest BCUT2D eigenvalue weighted by Crippen LogP contribution is -2.21. The van der Waals surface area contributed by atoms with Crippen molar-refractivity contribution < 1.29 is 14.0 Å².